The molecule has 0 atom stereocenters. The second-order valence-electron chi connectivity index (χ2n) is 2.81. The summed E-state index contributed by atoms with van der Waals surface area (Å²) in [4.78, 5) is 10.0. The van der Waals surface area contributed by atoms with E-state index in [-0.39, 0.29) is 10.8 Å². The predicted molar refractivity (Wildman–Crippen MR) is 37.2 cm³/mol. The van der Waals surface area contributed by atoms with Gasteiger partial charge in [0.15, 0.2) is 0 Å². The molecule has 2 amide bonds. The lowest BCUT2D eigenvalue weighted by Gasteiger charge is -2.24. The molecule has 2 N–H and O–H groups in total. The van der Waals surface area contributed by atoms with Gasteiger partial charge in [-0.1, -0.05) is 13.8 Å². The van der Waals surface area contributed by atoms with E-state index in [1.54, 1.807) is 13.8 Å². The Balaban J connectivity index is 4.35. The Morgan fingerprint density at radius 1 is 1.50 bits per heavy atom. The van der Waals surface area contributed by atoms with E-state index in [1.807, 2.05) is 0 Å². The van der Waals surface area contributed by atoms with Crippen molar-refractivity contribution in [2.24, 2.45) is 11.7 Å². The molecule has 0 aromatic rings. The van der Waals surface area contributed by atoms with E-state index < -0.39 is 18.9 Å². The van der Waals surface area contributed by atoms with Crippen LogP contribution in [0.15, 0.2) is 0 Å². The van der Waals surface area contributed by atoms with Crippen LogP contribution in [0.25, 0.3) is 0 Å². The number of alkyl halides is 3. The number of amides is 2. The molecule has 0 bridgehead atoms. The maximum atomic E-state index is 12.0. The fraction of sp³-hybridized carbons (Fsp3) is 0.833. The summed E-state index contributed by atoms with van der Waals surface area (Å²) in [6.07, 6.45) is -4.67. The standard InChI is InChI=1S/C6H11F3N2O/c1-4(2)3-11(5(10)12)6(7,8)9/h4H,3H2,1-2H3,(H2,10,12). The zero-order valence-electron chi connectivity index (χ0n) is 6.85. The number of nitrogens with zero attached hydrogens (tertiary/aromatic N) is 1. The van der Waals surface area contributed by atoms with Crippen molar-refractivity contribution in [1.29, 1.82) is 0 Å². The van der Waals surface area contributed by atoms with Crippen LogP contribution < -0.4 is 5.73 Å². The van der Waals surface area contributed by atoms with Gasteiger partial charge in [-0.2, -0.15) is 0 Å². The van der Waals surface area contributed by atoms with Gasteiger partial charge in [-0.25, -0.2) is 9.69 Å². The maximum Gasteiger partial charge on any atom is 0.488 e. The Kier molecular flexibility index (Phi) is 3.36. The number of hydrogen-bond acceptors (Lipinski definition) is 1. The molecule has 72 valence electrons. The number of rotatable bonds is 2. The Hall–Kier alpha value is -0.940. The molecule has 0 spiro atoms. The number of carbonyl (C=O) groups excluding carboxylic acids is 1. The SMILES string of the molecule is CC(C)CN(C(N)=O)C(F)(F)F. The first kappa shape index (κ1) is 11.1. The predicted octanol–water partition coefficient (Wildman–Crippen LogP) is 1.54. The second kappa shape index (κ2) is 3.64. The van der Waals surface area contributed by atoms with E-state index in [1.165, 1.54) is 0 Å². The van der Waals surface area contributed by atoms with Gasteiger partial charge in [0.1, 0.15) is 0 Å². The monoisotopic (exact) mass is 184 g/mol. The van der Waals surface area contributed by atoms with E-state index in [2.05, 4.69) is 5.73 Å². The van der Waals surface area contributed by atoms with Crippen LogP contribution >= 0.6 is 0 Å². The third-order valence-corrected chi connectivity index (χ3v) is 1.12. The number of primary amides is 1. The Morgan fingerprint density at radius 2 is 1.92 bits per heavy atom. The minimum Gasteiger partial charge on any atom is -0.351 e. The third-order valence-electron chi connectivity index (χ3n) is 1.12. The summed E-state index contributed by atoms with van der Waals surface area (Å²) in [6, 6.07) is -1.46. The number of nitrogens with two attached hydrogens (primary N) is 1. The van der Waals surface area contributed by atoms with Crippen molar-refractivity contribution in [3.8, 4) is 0 Å². The molecule has 0 unspecified atom stereocenters. The van der Waals surface area contributed by atoms with Crippen molar-refractivity contribution >= 4 is 6.03 Å². The van der Waals surface area contributed by atoms with Gasteiger partial charge in [-0.3, -0.25) is 0 Å². The molecule has 0 heterocycles. The van der Waals surface area contributed by atoms with Gasteiger partial charge in [0.05, 0.1) is 0 Å². The van der Waals surface area contributed by atoms with Gasteiger partial charge >= 0.3 is 12.3 Å². The van der Waals surface area contributed by atoms with Crippen molar-refractivity contribution in [2.75, 3.05) is 6.54 Å². The Morgan fingerprint density at radius 3 is 2.00 bits per heavy atom. The average molecular weight is 184 g/mol. The van der Waals surface area contributed by atoms with Gasteiger partial charge in [0.2, 0.25) is 0 Å². The van der Waals surface area contributed by atoms with E-state index in [0.29, 0.717) is 0 Å². The van der Waals surface area contributed by atoms with Crippen LogP contribution in [0.3, 0.4) is 0 Å². The molecule has 0 saturated heterocycles. The maximum absolute atomic E-state index is 12.0. The van der Waals surface area contributed by atoms with Crippen molar-refractivity contribution in [3.05, 3.63) is 0 Å². The van der Waals surface area contributed by atoms with Crippen LogP contribution in [0.2, 0.25) is 0 Å². The van der Waals surface area contributed by atoms with Crippen LogP contribution in [0, 0.1) is 5.92 Å². The molecule has 0 fully saturated rings. The summed E-state index contributed by atoms with van der Waals surface area (Å²) in [5.41, 5.74) is 4.54. The van der Waals surface area contributed by atoms with E-state index in [4.69, 9.17) is 0 Å². The van der Waals surface area contributed by atoms with Crippen LogP contribution in [0.4, 0.5) is 18.0 Å². The molecule has 0 aromatic carbocycles. The van der Waals surface area contributed by atoms with Crippen LogP contribution in [0.1, 0.15) is 13.8 Å². The summed E-state index contributed by atoms with van der Waals surface area (Å²) in [6.45, 7) is 2.74. The molecule has 0 aliphatic heterocycles. The van der Waals surface area contributed by atoms with Crippen molar-refractivity contribution in [3.63, 3.8) is 0 Å². The van der Waals surface area contributed by atoms with Gasteiger partial charge in [0.25, 0.3) is 0 Å². The fourth-order valence-corrected chi connectivity index (χ4v) is 0.684. The number of hydrogen-bond donors (Lipinski definition) is 1. The topological polar surface area (TPSA) is 46.3 Å². The molecule has 6 heteroatoms. The molecule has 0 rings (SSSR count). The summed E-state index contributed by atoms with van der Waals surface area (Å²) in [5, 5.41) is 0. The lowest BCUT2D eigenvalue weighted by molar-refractivity contribution is -0.224. The highest BCUT2D eigenvalue weighted by molar-refractivity contribution is 5.72. The van der Waals surface area contributed by atoms with E-state index >= 15 is 0 Å². The number of urea groups is 1. The molecule has 0 aliphatic carbocycles. The van der Waals surface area contributed by atoms with E-state index in [0.717, 1.165) is 0 Å². The van der Waals surface area contributed by atoms with Crippen molar-refractivity contribution < 1.29 is 18.0 Å². The highest BCUT2D eigenvalue weighted by atomic mass is 19.4. The summed E-state index contributed by atoms with van der Waals surface area (Å²) >= 11 is 0. The van der Waals surface area contributed by atoms with Gasteiger partial charge < -0.3 is 5.73 Å². The lowest BCUT2D eigenvalue weighted by atomic mass is 10.2. The zero-order chi connectivity index (χ0) is 9.94. The molecule has 0 aliphatic rings. The summed E-state index contributed by atoms with van der Waals surface area (Å²) in [7, 11) is 0. The first-order valence-electron chi connectivity index (χ1n) is 3.39. The average Bonchev–Trinajstić information content (AvgIpc) is 1.79. The van der Waals surface area contributed by atoms with Crippen molar-refractivity contribution in [1.82, 2.24) is 4.90 Å². The van der Waals surface area contributed by atoms with Crippen LogP contribution in [0.5, 0.6) is 0 Å². The number of halogens is 3. The zero-order valence-corrected chi connectivity index (χ0v) is 6.85. The lowest BCUT2D eigenvalue weighted by Crippen LogP contribution is -2.47. The van der Waals surface area contributed by atoms with Crippen LogP contribution in [-0.2, 0) is 0 Å². The molecular formula is C6H11F3N2O. The molecule has 12 heavy (non-hydrogen) atoms. The third kappa shape index (κ3) is 3.45. The Bertz CT molecular complexity index is 167. The Labute approximate surface area is 68.3 Å². The normalized spacial score (nSPS) is 11.8. The number of carbonyl (C=O) groups is 1. The minimum atomic E-state index is -4.67. The second-order valence-corrected chi connectivity index (χ2v) is 2.81. The molecular weight excluding hydrogens is 173 g/mol. The molecule has 3 nitrogen and oxygen atoms in total. The summed E-state index contributed by atoms with van der Waals surface area (Å²) in [5.74, 6) is -0.265. The van der Waals surface area contributed by atoms with Crippen LogP contribution in [-0.4, -0.2) is 23.8 Å². The molecule has 0 aromatic heterocycles. The minimum absolute atomic E-state index is 0.265. The first-order valence-corrected chi connectivity index (χ1v) is 3.39. The highest BCUT2D eigenvalue weighted by Gasteiger charge is 2.39. The van der Waals surface area contributed by atoms with Crippen molar-refractivity contribution in [2.45, 2.75) is 20.1 Å². The van der Waals surface area contributed by atoms with Gasteiger partial charge in [0, 0.05) is 6.54 Å². The van der Waals surface area contributed by atoms with Gasteiger partial charge in [-0.05, 0) is 5.92 Å². The summed E-state index contributed by atoms with van der Waals surface area (Å²) < 4.78 is 35.9. The largest absolute Gasteiger partial charge is 0.488 e. The first-order chi connectivity index (χ1) is 5.25. The smallest absolute Gasteiger partial charge is 0.351 e. The molecule has 0 radical (unpaired) electrons. The van der Waals surface area contributed by atoms with Gasteiger partial charge in [-0.15, -0.1) is 13.2 Å². The quantitative estimate of drug-likeness (QED) is 0.650. The fourth-order valence-electron chi connectivity index (χ4n) is 0.684. The highest BCUT2D eigenvalue weighted by Crippen LogP contribution is 2.21. The molecule has 0 saturated carbocycles. The van der Waals surface area contributed by atoms with E-state index in [9.17, 15) is 18.0 Å².